The Morgan fingerprint density at radius 2 is 1.84 bits per heavy atom. The molecule has 5 N–H and O–H groups in total. The van der Waals surface area contributed by atoms with Crippen molar-refractivity contribution in [3.05, 3.63) is 71.4 Å². The lowest BCUT2D eigenvalue weighted by Crippen LogP contribution is -2.51. The Labute approximate surface area is 224 Å². The van der Waals surface area contributed by atoms with E-state index in [1.165, 1.54) is 28.5 Å². The summed E-state index contributed by atoms with van der Waals surface area (Å²) in [4.78, 5) is 26.4. The van der Waals surface area contributed by atoms with Gasteiger partial charge in [0.15, 0.2) is 0 Å². The first kappa shape index (κ1) is 27.1. The highest BCUT2D eigenvalue weighted by Crippen LogP contribution is 2.29. The van der Waals surface area contributed by atoms with Crippen LogP contribution in [0.3, 0.4) is 0 Å². The molecule has 2 aliphatic rings. The molecule has 0 bridgehead atoms. The molecule has 198 valence electrons. The predicted octanol–water partition coefficient (Wildman–Crippen LogP) is 3.63. The molecule has 2 aromatic rings. The number of aryl methyl sites for hydroxylation is 1. The second kappa shape index (κ2) is 12.1. The highest BCUT2D eigenvalue weighted by atomic mass is 16.2. The van der Waals surface area contributed by atoms with Crippen molar-refractivity contribution >= 4 is 17.6 Å². The molecule has 4 rings (SSSR count). The van der Waals surface area contributed by atoms with Gasteiger partial charge in [0.25, 0.3) is 5.91 Å². The number of nitrogens with zero attached hydrogens (tertiary/aromatic N) is 2. The normalized spacial score (nSPS) is 17.3. The van der Waals surface area contributed by atoms with Crippen LogP contribution in [0.1, 0.15) is 50.2 Å². The number of nitrogens with one attached hydrogen (secondary N) is 3. The minimum absolute atomic E-state index is 0.0878. The zero-order valence-corrected chi connectivity index (χ0v) is 21.9. The van der Waals surface area contributed by atoms with Gasteiger partial charge in [0.2, 0.25) is 5.91 Å². The molecular formula is C30H36N6O2. The van der Waals surface area contributed by atoms with Gasteiger partial charge in [-0.1, -0.05) is 55.5 Å². The van der Waals surface area contributed by atoms with Crippen molar-refractivity contribution in [2.75, 3.05) is 13.1 Å². The number of nitrogens with two attached hydrogens (primary N) is 1. The number of piperidine rings is 1. The number of amidine groups is 1. The average molecular weight is 513 g/mol. The second-order valence-corrected chi connectivity index (χ2v) is 10.3. The molecule has 0 aromatic heterocycles. The fraction of sp³-hybridized carbons (Fsp3) is 0.400. The van der Waals surface area contributed by atoms with E-state index in [1.54, 1.807) is 0 Å². The Balaban J connectivity index is 1.36. The number of rotatable bonds is 10. The number of likely N-dealkylation sites (tertiary alicyclic amines) is 1. The van der Waals surface area contributed by atoms with Crippen LogP contribution in [-0.2, 0) is 22.6 Å². The number of primary amides is 1. The molecule has 2 amide bonds. The highest BCUT2D eigenvalue weighted by Gasteiger charge is 2.35. The van der Waals surface area contributed by atoms with E-state index in [0.29, 0.717) is 12.8 Å². The largest absolute Gasteiger partial charge is 0.384 e. The first-order chi connectivity index (χ1) is 18.3. The van der Waals surface area contributed by atoms with E-state index in [0.717, 1.165) is 38.9 Å². The minimum atomic E-state index is -0.798. The van der Waals surface area contributed by atoms with Crippen LogP contribution in [0.5, 0.6) is 0 Å². The topological polar surface area (TPSA) is 135 Å². The summed E-state index contributed by atoms with van der Waals surface area (Å²) in [5.74, 6) is -1.45. The maximum absolute atomic E-state index is 12.0. The van der Waals surface area contributed by atoms with Gasteiger partial charge in [-0.3, -0.25) is 19.9 Å². The molecular weight excluding hydrogens is 476 g/mol. The van der Waals surface area contributed by atoms with Crippen LogP contribution in [0.2, 0.25) is 0 Å². The molecule has 2 aromatic carbocycles. The van der Waals surface area contributed by atoms with E-state index >= 15 is 0 Å². The number of carbonyl (C=O) groups is 2. The quantitative estimate of drug-likeness (QED) is 0.219. The van der Waals surface area contributed by atoms with Gasteiger partial charge in [-0.25, -0.2) is 0 Å². The van der Waals surface area contributed by atoms with Gasteiger partial charge in [0.1, 0.15) is 5.84 Å². The Bertz CT molecular complexity index is 1250. The van der Waals surface area contributed by atoms with E-state index in [-0.39, 0.29) is 29.7 Å². The second-order valence-electron chi connectivity index (χ2n) is 10.3. The van der Waals surface area contributed by atoms with Crippen LogP contribution >= 0.6 is 0 Å². The number of hydrogen-bond donors (Lipinski definition) is 4. The van der Waals surface area contributed by atoms with Crippen molar-refractivity contribution in [1.29, 1.82) is 10.7 Å². The summed E-state index contributed by atoms with van der Waals surface area (Å²) in [7, 11) is 0. The number of amides is 2. The third kappa shape index (κ3) is 6.87. The van der Waals surface area contributed by atoms with Crippen molar-refractivity contribution in [3.63, 3.8) is 0 Å². The standard InChI is InChI=1S/C30H36N6O2/c1-2-21-4-3-5-25(18-21)23-8-6-22(7-9-23)20-36-16-13-30(12-15-31,14-17-36)34-19-26(28(33)37)27(32)35-29(38)24-10-11-24/h3-9,18-19,24,34H,2,10-14,16-17,20H2,1H3,(H2,33,37)(H2,32,35,38)/b26-19+. The fourth-order valence-electron chi connectivity index (χ4n) is 4.82. The smallest absolute Gasteiger partial charge is 0.253 e. The molecule has 38 heavy (non-hydrogen) atoms. The predicted molar refractivity (Wildman–Crippen MR) is 148 cm³/mol. The molecule has 0 spiro atoms. The van der Waals surface area contributed by atoms with E-state index in [2.05, 4.69) is 77.1 Å². The fourth-order valence-corrected chi connectivity index (χ4v) is 4.82. The third-order valence-corrected chi connectivity index (χ3v) is 7.51. The number of benzene rings is 2. The van der Waals surface area contributed by atoms with Gasteiger partial charge in [0, 0.05) is 31.8 Å². The molecule has 1 aliphatic carbocycles. The third-order valence-electron chi connectivity index (χ3n) is 7.51. The Kier molecular flexibility index (Phi) is 8.59. The first-order valence-electron chi connectivity index (χ1n) is 13.3. The van der Waals surface area contributed by atoms with E-state index in [1.807, 2.05) is 0 Å². The number of hydrogen-bond acceptors (Lipinski definition) is 6. The molecule has 1 saturated heterocycles. The Hall–Kier alpha value is -3.96. The zero-order valence-electron chi connectivity index (χ0n) is 21.9. The van der Waals surface area contributed by atoms with Crippen LogP contribution in [0.25, 0.3) is 11.1 Å². The molecule has 0 radical (unpaired) electrons. The average Bonchev–Trinajstić information content (AvgIpc) is 3.76. The van der Waals surface area contributed by atoms with Crippen LogP contribution < -0.4 is 16.4 Å². The van der Waals surface area contributed by atoms with Crippen LogP contribution in [0.15, 0.2) is 60.3 Å². The highest BCUT2D eigenvalue weighted by molar-refractivity contribution is 6.22. The summed E-state index contributed by atoms with van der Waals surface area (Å²) in [5.41, 5.74) is 9.86. The molecule has 1 aliphatic heterocycles. The van der Waals surface area contributed by atoms with Gasteiger partial charge in [-0.2, -0.15) is 5.26 Å². The van der Waals surface area contributed by atoms with Crippen LogP contribution in [0.4, 0.5) is 0 Å². The number of nitriles is 1. The first-order valence-corrected chi connectivity index (χ1v) is 13.3. The van der Waals surface area contributed by atoms with E-state index in [4.69, 9.17) is 11.1 Å². The minimum Gasteiger partial charge on any atom is -0.384 e. The summed E-state index contributed by atoms with van der Waals surface area (Å²) in [6, 6.07) is 19.6. The van der Waals surface area contributed by atoms with Crippen molar-refractivity contribution in [2.24, 2.45) is 11.7 Å². The van der Waals surface area contributed by atoms with Gasteiger partial charge in [0.05, 0.1) is 23.6 Å². The van der Waals surface area contributed by atoms with Gasteiger partial charge in [-0.05, 0) is 54.4 Å². The maximum atomic E-state index is 12.0. The molecule has 8 nitrogen and oxygen atoms in total. The summed E-state index contributed by atoms with van der Waals surface area (Å²) in [6.45, 7) is 4.54. The Morgan fingerprint density at radius 1 is 1.13 bits per heavy atom. The lowest BCUT2D eigenvalue weighted by atomic mass is 9.84. The van der Waals surface area contributed by atoms with E-state index < -0.39 is 11.4 Å². The molecule has 0 unspecified atom stereocenters. The lowest BCUT2D eigenvalue weighted by Gasteiger charge is -2.41. The monoisotopic (exact) mass is 512 g/mol. The van der Waals surface area contributed by atoms with E-state index in [9.17, 15) is 14.9 Å². The Morgan fingerprint density at radius 3 is 2.45 bits per heavy atom. The van der Waals surface area contributed by atoms with Crippen LogP contribution in [-0.4, -0.2) is 41.2 Å². The number of carbonyl (C=O) groups excluding carboxylic acids is 2. The molecule has 8 heteroatoms. The molecule has 2 fully saturated rings. The van der Waals surface area contributed by atoms with Crippen molar-refractivity contribution in [1.82, 2.24) is 15.5 Å². The molecule has 1 heterocycles. The van der Waals surface area contributed by atoms with Crippen molar-refractivity contribution in [3.8, 4) is 17.2 Å². The SMILES string of the molecule is CCc1cccc(-c2ccc(CN3CCC(CC#N)(N/C=C(\C(=N)NC(=O)C4CC4)C(N)=O)CC3)cc2)c1. The van der Waals surface area contributed by atoms with Gasteiger partial charge in [-0.15, -0.1) is 0 Å². The molecule has 1 saturated carbocycles. The maximum Gasteiger partial charge on any atom is 0.253 e. The summed E-state index contributed by atoms with van der Waals surface area (Å²) < 4.78 is 0. The van der Waals surface area contributed by atoms with Crippen LogP contribution in [0, 0.1) is 22.7 Å². The summed E-state index contributed by atoms with van der Waals surface area (Å²) in [6.07, 6.45) is 5.67. The summed E-state index contributed by atoms with van der Waals surface area (Å²) in [5, 5.41) is 23.3. The van der Waals surface area contributed by atoms with Gasteiger partial charge < -0.3 is 16.4 Å². The lowest BCUT2D eigenvalue weighted by molar-refractivity contribution is -0.120. The molecule has 0 atom stereocenters. The van der Waals surface area contributed by atoms with Gasteiger partial charge >= 0.3 is 0 Å². The zero-order chi connectivity index (χ0) is 27.1. The summed E-state index contributed by atoms with van der Waals surface area (Å²) >= 11 is 0. The van der Waals surface area contributed by atoms with Crippen molar-refractivity contribution < 1.29 is 9.59 Å². The van der Waals surface area contributed by atoms with Crippen molar-refractivity contribution in [2.45, 2.75) is 57.5 Å².